The van der Waals surface area contributed by atoms with E-state index in [1.54, 1.807) is 41.2 Å². The van der Waals surface area contributed by atoms with Crippen molar-refractivity contribution in [2.24, 2.45) is 0 Å². The highest BCUT2D eigenvalue weighted by molar-refractivity contribution is 5.99. The molecule has 3 heterocycles. The molecule has 3 aliphatic rings. The summed E-state index contributed by atoms with van der Waals surface area (Å²) in [6.07, 6.45) is 5.25. The third kappa shape index (κ3) is 4.42. The number of pyridine rings is 1. The van der Waals surface area contributed by atoms with Crippen LogP contribution in [0.3, 0.4) is 0 Å². The van der Waals surface area contributed by atoms with Crippen LogP contribution in [0.25, 0.3) is 16.9 Å². The van der Waals surface area contributed by atoms with Gasteiger partial charge in [0.25, 0.3) is 11.5 Å². The molecule has 168 valence electrons. The molecule has 1 atom stereocenters. The number of nitrogens with zero attached hydrogens (tertiary/aromatic N) is 3. The summed E-state index contributed by atoms with van der Waals surface area (Å²) in [6.45, 7) is 1.48. The van der Waals surface area contributed by atoms with E-state index in [0.717, 1.165) is 18.4 Å². The molecule has 0 spiro atoms. The molecule has 5 rings (SSSR count). The first kappa shape index (κ1) is 21.1. The maximum Gasteiger partial charge on any atom is 0.282 e. The topological polar surface area (TPSA) is 78.1 Å². The zero-order chi connectivity index (χ0) is 22.8. The number of hydrogen-bond donors (Lipinski definition) is 1. The number of aromatic nitrogens is 3. The monoisotopic (exact) mass is 446 g/mol. The first-order chi connectivity index (χ1) is 16.1. The number of ether oxygens (including phenoxy) is 1. The first-order valence-corrected chi connectivity index (χ1v) is 10.9. The highest BCUT2D eigenvalue weighted by Gasteiger charge is 2.25. The van der Waals surface area contributed by atoms with Gasteiger partial charge in [-0.1, -0.05) is 30.3 Å². The van der Waals surface area contributed by atoms with Crippen LogP contribution in [0.5, 0.6) is 0 Å². The van der Waals surface area contributed by atoms with Crippen LogP contribution in [0.2, 0.25) is 0 Å². The normalized spacial score (nSPS) is 15.7. The van der Waals surface area contributed by atoms with Crippen molar-refractivity contribution >= 4 is 5.91 Å². The van der Waals surface area contributed by atoms with E-state index in [-0.39, 0.29) is 23.4 Å². The van der Waals surface area contributed by atoms with Gasteiger partial charge in [0.1, 0.15) is 11.5 Å². The smallest absolute Gasteiger partial charge is 0.282 e. The minimum Gasteiger partial charge on any atom is -0.376 e. The SMILES string of the molecule is O=C(NCC1CCCO1)c1cn(Cc2ccc(F)cc2)cc2c(=O)n(-c3ccccc3)nc1-2. The number of carbonyl (C=O) groups excluding carboxylic acids is 1. The molecule has 7 nitrogen and oxygen atoms in total. The Bertz CT molecular complexity index is 1290. The second-order valence-electron chi connectivity index (χ2n) is 8.13. The lowest BCUT2D eigenvalue weighted by Crippen LogP contribution is -2.32. The summed E-state index contributed by atoms with van der Waals surface area (Å²) in [5.41, 5.74) is 2.14. The molecular formula is C25H23FN4O3. The summed E-state index contributed by atoms with van der Waals surface area (Å²) in [7, 11) is 0. The molecule has 0 saturated carbocycles. The molecule has 0 bridgehead atoms. The molecule has 33 heavy (non-hydrogen) atoms. The van der Waals surface area contributed by atoms with Crippen LogP contribution in [-0.4, -0.2) is 39.5 Å². The van der Waals surface area contributed by atoms with E-state index in [1.165, 1.54) is 16.8 Å². The third-order valence-corrected chi connectivity index (χ3v) is 5.76. The second kappa shape index (κ2) is 8.99. The van der Waals surface area contributed by atoms with Crippen LogP contribution in [0, 0.1) is 5.82 Å². The number of halogens is 1. The average Bonchev–Trinajstić information content (AvgIpc) is 3.47. The molecule has 0 radical (unpaired) electrons. The van der Waals surface area contributed by atoms with Crippen LogP contribution in [0.15, 0.2) is 71.8 Å². The standard InChI is InChI=1S/C25H23FN4O3/c26-18-10-8-17(9-11-18)14-29-15-21(24(31)27-13-20-7-4-12-33-20)23-22(16-29)25(32)30(28-23)19-5-2-1-3-6-19/h1-3,5-6,8-11,15-16,20H,4,7,12-14H2,(H,27,31). The van der Waals surface area contributed by atoms with Gasteiger partial charge in [0, 0.05) is 32.1 Å². The van der Waals surface area contributed by atoms with Crippen molar-refractivity contribution in [2.75, 3.05) is 13.2 Å². The number of amides is 1. The van der Waals surface area contributed by atoms with Crippen molar-refractivity contribution in [3.05, 3.63) is 94.3 Å². The Hall–Kier alpha value is -3.78. The predicted molar refractivity (Wildman–Crippen MR) is 121 cm³/mol. The molecule has 1 saturated heterocycles. The maximum absolute atomic E-state index is 13.3. The quantitative estimate of drug-likeness (QED) is 0.493. The predicted octanol–water partition coefficient (Wildman–Crippen LogP) is 3.24. The van der Waals surface area contributed by atoms with Gasteiger partial charge >= 0.3 is 0 Å². The van der Waals surface area contributed by atoms with E-state index < -0.39 is 0 Å². The molecule has 2 aromatic carbocycles. The van der Waals surface area contributed by atoms with E-state index >= 15 is 0 Å². The summed E-state index contributed by atoms with van der Waals surface area (Å²) in [5, 5.41) is 7.41. The lowest BCUT2D eigenvalue weighted by Gasteiger charge is -2.14. The largest absolute Gasteiger partial charge is 0.376 e. The van der Waals surface area contributed by atoms with E-state index in [4.69, 9.17) is 4.74 Å². The van der Waals surface area contributed by atoms with Crippen molar-refractivity contribution < 1.29 is 13.9 Å². The summed E-state index contributed by atoms with van der Waals surface area (Å²) in [4.78, 5) is 26.3. The van der Waals surface area contributed by atoms with E-state index in [1.807, 2.05) is 18.2 Å². The summed E-state index contributed by atoms with van der Waals surface area (Å²) < 4.78 is 22.0. The first-order valence-electron chi connectivity index (χ1n) is 10.9. The number of hydrogen-bond acceptors (Lipinski definition) is 4. The number of rotatable bonds is 6. The maximum atomic E-state index is 13.3. The van der Waals surface area contributed by atoms with Gasteiger partial charge < -0.3 is 14.6 Å². The van der Waals surface area contributed by atoms with Gasteiger partial charge in [0.2, 0.25) is 0 Å². The number of fused-ring (bicyclic) bond motifs is 1. The van der Waals surface area contributed by atoms with Gasteiger partial charge in [-0.2, -0.15) is 9.78 Å². The van der Waals surface area contributed by atoms with Crippen molar-refractivity contribution in [2.45, 2.75) is 25.5 Å². The Morgan fingerprint density at radius 1 is 1.12 bits per heavy atom. The number of carbonyl (C=O) groups is 1. The number of nitrogens with one attached hydrogen (secondary N) is 1. The Labute approximate surface area is 189 Å². The molecule has 2 aromatic rings. The van der Waals surface area contributed by atoms with Crippen LogP contribution in [0.4, 0.5) is 4.39 Å². The van der Waals surface area contributed by atoms with E-state index in [0.29, 0.717) is 42.2 Å². The molecule has 1 fully saturated rings. The van der Waals surface area contributed by atoms with Crippen molar-refractivity contribution in [1.82, 2.24) is 19.7 Å². The molecule has 0 aliphatic carbocycles. The highest BCUT2D eigenvalue weighted by Crippen LogP contribution is 2.23. The van der Waals surface area contributed by atoms with Crippen LogP contribution < -0.4 is 10.9 Å². The van der Waals surface area contributed by atoms with Gasteiger partial charge in [-0.3, -0.25) is 9.59 Å². The minimum absolute atomic E-state index is 0.00330. The summed E-state index contributed by atoms with van der Waals surface area (Å²) in [6, 6.07) is 15.2. The lowest BCUT2D eigenvalue weighted by molar-refractivity contribution is 0.0857. The van der Waals surface area contributed by atoms with Crippen molar-refractivity contribution in [3.63, 3.8) is 0 Å². The fraction of sp³-hybridized carbons (Fsp3) is 0.240. The zero-order valence-corrected chi connectivity index (χ0v) is 17.9. The fourth-order valence-corrected chi connectivity index (χ4v) is 4.07. The second-order valence-corrected chi connectivity index (χ2v) is 8.13. The Morgan fingerprint density at radius 3 is 2.64 bits per heavy atom. The number of para-hydroxylation sites is 1. The van der Waals surface area contributed by atoms with Gasteiger partial charge in [-0.05, 0) is 42.7 Å². The van der Waals surface area contributed by atoms with Crippen molar-refractivity contribution in [1.29, 1.82) is 0 Å². The molecule has 3 aliphatic heterocycles. The molecule has 1 unspecified atom stereocenters. The van der Waals surface area contributed by atoms with E-state index in [9.17, 15) is 14.0 Å². The van der Waals surface area contributed by atoms with E-state index in [2.05, 4.69) is 10.4 Å². The highest BCUT2D eigenvalue weighted by atomic mass is 19.1. The Morgan fingerprint density at radius 2 is 1.91 bits per heavy atom. The fourth-order valence-electron chi connectivity index (χ4n) is 4.07. The molecule has 1 N–H and O–H groups in total. The Balaban J connectivity index is 1.55. The zero-order valence-electron chi connectivity index (χ0n) is 17.9. The molecule has 8 heteroatoms. The van der Waals surface area contributed by atoms with Gasteiger partial charge in [0.05, 0.1) is 22.9 Å². The van der Waals surface area contributed by atoms with Crippen LogP contribution >= 0.6 is 0 Å². The third-order valence-electron chi connectivity index (χ3n) is 5.76. The molecule has 1 amide bonds. The lowest BCUT2D eigenvalue weighted by atomic mass is 10.1. The average molecular weight is 446 g/mol. The van der Waals surface area contributed by atoms with Gasteiger partial charge in [-0.15, -0.1) is 0 Å². The molecule has 0 aromatic heterocycles. The molecular weight excluding hydrogens is 423 g/mol. The van der Waals surface area contributed by atoms with Crippen LogP contribution in [0.1, 0.15) is 28.8 Å². The van der Waals surface area contributed by atoms with Crippen molar-refractivity contribution in [3.8, 4) is 16.9 Å². The Kier molecular flexibility index (Phi) is 5.75. The summed E-state index contributed by atoms with van der Waals surface area (Å²) >= 11 is 0. The minimum atomic E-state index is -0.320. The summed E-state index contributed by atoms with van der Waals surface area (Å²) in [5.74, 6) is -0.638. The van der Waals surface area contributed by atoms with Gasteiger partial charge in [0.15, 0.2) is 0 Å². The van der Waals surface area contributed by atoms with Crippen LogP contribution in [-0.2, 0) is 11.3 Å². The van der Waals surface area contributed by atoms with Gasteiger partial charge in [-0.25, -0.2) is 4.39 Å². The number of benzene rings is 2.